The number of para-hydroxylation sites is 1. The Morgan fingerprint density at radius 3 is 2.74 bits per heavy atom. The van der Waals surface area contributed by atoms with Crippen LogP contribution in [0.3, 0.4) is 0 Å². The molecule has 7 nitrogen and oxygen atoms in total. The molecule has 2 aromatic heterocycles. The fourth-order valence-corrected chi connectivity index (χ4v) is 3.39. The number of carboxylic acid groups (broad SMARTS) is 1. The third-order valence-electron chi connectivity index (χ3n) is 5.01. The number of benzene rings is 1. The third kappa shape index (κ3) is 3.01. The molecule has 0 spiro atoms. The molecule has 2 N–H and O–H groups in total. The van der Waals surface area contributed by atoms with Gasteiger partial charge in [0.2, 0.25) is 5.91 Å². The van der Waals surface area contributed by atoms with Gasteiger partial charge in [0.25, 0.3) is 0 Å². The van der Waals surface area contributed by atoms with Crippen molar-refractivity contribution in [1.82, 2.24) is 9.55 Å². The van der Waals surface area contributed by atoms with Crippen molar-refractivity contribution in [2.24, 2.45) is 18.9 Å². The Balaban J connectivity index is 1.64. The summed E-state index contributed by atoms with van der Waals surface area (Å²) in [4.78, 5) is 27.4. The van der Waals surface area contributed by atoms with Crippen molar-refractivity contribution >= 4 is 28.6 Å². The zero-order valence-corrected chi connectivity index (χ0v) is 15.0. The summed E-state index contributed by atoms with van der Waals surface area (Å²) in [7, 11) is 3.59. The lowest BCUT2D eigenvalue weighted by Crippen LogP contribution is -2.17. The Kier molecular flexibility index (Phi) is 4.07. The molecule has 1 amide bonds. The second-order valence-electron chi connectivity index (χ2n) is 6.69. The fraction of sp³-hybridized carbons (Fsp3) is 0.250. The lowest BCUT2D eigenvalue weighted by molar-refractivity contribution is -0.139. The predicted molar refractivity (Wildman–Crippen MR) is 101 cm³/mol. The standard InChI is InChI=1S/C20H19N3O4/c1-23-15(12-5-3-4-6-17(12)27-2)7-11-8-18(21-10-16(11)23)22-19(24)13-9-14(13)20(25)26/h3-8,10,13-14H,9H2,1-2H3,(H,25,26)(H,21,22,24). The number of aromatic nitrogens is 2. The third-order valence-corrected chi connectivity index (χ3v) is 5.01. The number of amides is 1. The summed E-state index contributed by atoms with van der Waals surface area (Å²) in [6, 6.07) is 11.6. The average Bonchev–Trinajstić information content (AvgIpc) is 3.41. The molecule has 0 bridgehead atoms. The van der Waals surface area contributed by atoms with Crippen molar-refractivity contribution in [3.63, 3.8) is 0 Å². The number of carbonyl (C=O) groups excluding carboxylic acids is 1. The number of nitrogens with one attached hydrogen (secondary N) is 1. The van der Waals surface area contributed by atoms with E-state index in [2.05, 4.69) is 10.3 Å². The van der Waals surface area contributed by atoms with E-state index in [9.17, 15) is 9.59 Å². The van der Waals surface area contributed by atoms with Crippen molar-refractivity contribution in [3.05, 3.63) is 42.6 Å². The zero-order valence-electron chi connectivity index (χ0n) is 15.0. The number of carbonyl (C=O) groups is 2. The van der Waals surface area contributed by atoms with Crippen LogP contribution in [0.2, 0.25) is 0 Å². The molecule has 2 atom stereocenters. The Bertz CT molecular complexity index is 1060. The molecule has 1 aliphatic carbocycles. The van der Waals surface area contributed by atoms with Gasteiger partial charge in [-0.1, -0.05) is 12.1 Å². The molecule has 2 unspecified atom stereocenters. The molecule has 3 aromatic rings. The van der Waals surface area contributed by atoms with Crippen LogP contribution in [0.4, 0.5) is 5.82 Å². The van der Waals surface area contributed by atoms with Gasteiger partial charge in [-0.15, -0.1) is 0 Å². The molecule has 0 radical (unpaired) electrons. The number of anilines is 1. The number of fused-ring (bicyclic) bond motifs is 1. The molecule has 138 valence electrons. The molecule has 0 aliphatic heterocycles. The van der Waals surface area contributed by atoms with Crippen LogP contribution in [0.1, 0.15) is 6.42 Å². The first-order chi connectivity index (χ1) is 13.0. The molecule has 4 rings (SSSR count). The van der Waals surface area contributed by atoms with E-state index in [1.807, 2.05) is 41.9 Å². The second-order valence-corrected chi connectivity index (χ2v) is 6.69. The van der Waals surface area contributed by atoms with Gasteiger partial charge in [0.15, 0.2) is 0 Å². The summed E-state index contributed by atoms with van der Waals surface area (Å²) in [6.45, 7) is 0. The van der Waals surface area contributed by atoms with E-state index < -0.39 is 17.8 Å². The van der Waals surface area contributed by atoms with Crippen molar-refractivity contribution in [3.8, 4) is 17.0 Å². The molecule has 1 aromatic carbocycles. The summed E-state index contributed by atoms with van der Waals surface area (Å²) in [5.41, 5.74) is 2.86. The average molecular weight is 365 g/mol. The number of hydrogen-bond donors (Lipinski definition) is 2. The van der Waals surface area contributed by atoms with Gasteiger partial charge in [-0.25, -0.2) is 4.98 Å². The fourth-order valence-electron chi connectivity index (χ4n) is 3.39. The van der Waals surface area contributed by atoms with Gasteiger partial charge >= 0.3 is 5.97 Å². The minimum atomic E-state index is -0.928. The van der Waals surface area contributed by atoms with Crippen LogP contribution in [-0.2, 0) is 16.6 Å². The van der Waals surface area contributed by atoms with Crippen LogP contribution in [0.25, 0.3) is 22.2 Å². The predicted octanol–water partition coefficient (Wildman–Crippen LogP) is 2.91. The number of aliphatic carboxylic acids is 1. The molecular formula is C20H19N3O4. The number of ether oxygens (including phenoxy) is 1. The van der Waals surface area contributed by atoms with E-state index in [4.69, 9.17) is 9.84 Å². The molecule has 1 fully saturated rings. The maximum absolute atomic E-state index is 12.2. The molecule has 7 heteroatoms. The summed E-state index contributed by atoms with van der Waals surface area (Å²) >= 11 is 0. The number of hydrogen-bond acceptors (Lipinski definition) is 4. The van der Waals surface area contributed by atoms with Crippen LogP contribution >= 0.6 is 0 Å². The second kappa shape index (κ2) is 6.42. The summed E-state index contributed by atoms with van der Waals surface area (Å²) in [5, 5.41) is 12.6. The lowest BCUT2D eigenvalue weighted by atomic mass is 10.1. The van der Waals surface area contributed by atoms with Gasteiger partial charge in [-0.05, 0) is 30.7 Å². The first kappa shape index (κ1) is 17.1. The summed E-state index contributed by atoms with van der Waals surface area (Å²) in [5.74, 6) is -1.08. The minimum Gasteiger partial charge on any atom is -0.496 e. The van der Waals surface area contributed by atoms with E-state index in [-0.39, 0.29) is 5.91 Å². The topological polar surface area (TPSA) is 93.4 Å². The van der Waals surface area contributed by atoms with Crippen molar-refractivity contribution < 1.29 is 19.4 Å². The Morgan fingerprint density at radius 1 is 1.26 bits per heavy atom. The van der Waals surface area contributed by atoms with Gasteiger partial charge in [0, 0.05) is 18.0 Å². The van der Waals surface area contributed by atoms with E-state index in [1.165, 1.54) is 0 Å². The Labute approximate surface area is 155 Å². The van der Waals surface area contributed by atoms with Gasteiger partial charge in [-0.2, -0.15) is 0 Å². The molecular weight excluding hydrogens is 346 g/mol. The number of carboxylic acids is 1. The van der Waals surface area contributed by atoms with Crippen molar-refractivity contribution in [1.29, 1.82) is 0 Å². The van der Waals surface area contributed by atoms with E-state index in [0.717, 1.165) is 27.9 Å². The number of methoxy groups -OCH3 is 1. The summed E-state index contributed by atoms with van der Waals surface area (Å²) < 4.78 is 7.48. The van der Waals surface area contributed by atoms with Gasteiger partial charge in [0.1, 0.15) is 11.6 Å². The highest BCUT2D eigenvalue weighted by molar-refractivity contribution is 5.99. The minimum absolute atomic E-state index is 0.296. The smallest absolute Gasteiger partial charge is 0.307 e. The Morgan fingerprint density at radius 2 is 2.04 bits per heavy atom. The Hall–Kier alpha value is -3.35. The van der Waals surface area contributed by atoms with Crippen LogP contribution in [0.5, 0.6) is 5.75 Å². The highest BCUT2D eigenvalue weighted by Crippen LogP contribution is 2.39. The number of aryl methyl sites for hydroxylation is 1. The van der Waals surface area contributed by atoms with Gasteiger partial charge in [-0.3, -0.25) is 9.59 Å². The van der Waals surface area contributed by atoms with Crippen molar-refractivity contribution in [2.45, 2.75) is 6.42 Å². The molecule has 2 heterocycles. The van der Waals surface area contributed by atoms with E-state index in [0.29, 0.717) is 12.2 Å². The largest absolute Gasteiger partial charge is 0.496 e. The normalized spacial score (nSPS) is 18.3. The van der Waals surface area contributed by atoms with Gasteiger partial charge < -0.3 is 19.7 Å². The van der Waals surface area contributed by atoms with Crippen molar-refractivity contribution in [2.75, 3.05) is 12.4 Å². The number of nitrogens with zero attached hydrogens (tertiary/aromatic N) is 2. The number of pyridine rings is 1. The molecule has 27 heavy (non-hydrogen) atoms. The van der Waals surface area contributed by atoms with Crippen LogP contribution in [-0.4, -0.2) is 33.6 Å². The van der Waals surface area contributed by atoms with Crippen LogP contribution in [0, 0.1) is 11.8 Å². The lowest BCUT2D eigenvalue weighted by Gasteiger charge is -2.09. The monoisotopic (exact) mass is 365 g/mol. The molecule has 1 saturated carbocycles. The first-order valence-electron chi connectivity index (χ1n) is 8.62. The highest BCUT2D eigenvalue weighted by Gasteiger charge is 2.48. The number of rotatable bonds is 5. The maximum Gasteiger partial charge on any atom is 0.307 e. The van der Waals surface area contributed by atoms with Crippen LogP contribution in [0.15, 0.2) is 42.6 Å². The SMILES string of the molecule is COc1ccccc1-c1cc2cc(NC(=O)C3CC3C(=O)O)ncc2n1C. The highest BCUT2D eigenvalue weighted by atomic mass is 16.5. The van der Waals surface area contributed by atoms with E-state index in [1.54, 1.807) is 19.4 Å². The molecule has 0 saturated heterocycles. The van der Waals surface area contributed by atoms with Crippen LogP contribution < -0.4 is 10.1 Å². The first-order valence-corrected chi connectivity index (χ1v) is 8.62. The summed E-state index contributed by atoms with van der Waals surface area (Å²) in [6.07, 6.45) is 2.08. The van der Waals surface area contributed by atoms with Gasteiger partial charge in [0.05, 0.1) is 36.4 Å². The molecule has 1 aliphatic rings. The zero-order chi connectivity index (χ0) is 19.1. The van der Waals surface area contributed by atoms with E-state index >= 15 is 0 Å². The maximum atomic E-state index is 12.2. The quantitative estimate of drug-likeness (QED) is 0.725.